The van der Waals surface area contributed by atoms with Gasteiger partial charge in [0.15, 0.2) is 0 Å². The van der Waals surface area contributed by atoms with Crippen LogP contribution >= 0.6 is 11.6 Å². The van der Waals surface area contributed by atoms with E-state index in [2.05, 4.69) is 21.3 Å². The number of carbonyl (C=O) groups is 1. The van der Waals surface area contributed by atoms with Gasteiger partial charge in [0.25, 0.3) is 0 Å². The monoisotopic (exact) mass is 372 g/mol. The number of amides is 2. The molecule has 1 aromatic carbocycles. The first-order chi connectivity index (χ1) is 12.6. The molecule has 0 saturated carbocycles. The number of pyridine rings is 1. The van der Waals surface area contributed by atoms with Crippen molar-refractivity contribution >= 4 is 23.4 Å². The fraction of sp³-hybridized carbons (Fsp3) is 0.400. The first-order valence-electron chi connectivity index (χ1n) is 9.05. The van der Waals surface area contributed by atoms with Gasteiger partial charge in [-0.15, -0.1) is 0 Å². The maximum Gasteiger partial charge on any atom is 0.317 e. The van der Waals surface area contributed by atoms with Crippen molar-refractivity contribution in [3.8, 4) is 0 Å². The van der Waals surface area contributed by atoms with Crippen molar-refractivity contribution in [3.05, 3.63) is 58.7 Å². The average molecular weight is 373 g/mol. The quantitative estimate of drug-likeness (QED) is 0.860. The lowest BCUT2D eigenvalue weighted by Gasteiger charge is -2.28. The second kappa shape index (κ2) is 8.90. The maximum atomic E-state index is 12.3. The summed E-state index contributed by atoms with van der Waals surface area (Å²) >= 11 is 6.00. The molecular formula is C20H25ClN4O. The summed E-state index contributed by atoms with van der Waals surface area (Å²) in [5.74, 6) is 1.00. The van der Waals surface area contributed by atoms with Gasteiger partial charge in [0, 0.05) is 44.4 Å². The highest BCUT2D eigenvalue weighted by Crippen LogP contribution is 2.18. The van der Waals surface area contributed by atoms with E-state index in [1.807, 2.05) is 36.5 Å². The molecule has 3 rings (SSSR count). The second-order valence-electron chi connectivity index (χ2n) is 6.71. The Hall–Kier alpha value is -2.27. The van der Waals surface area contributed by atoms with E-state index in [0.717, 1.165) is 30.0 Å². The number of urea groups is 1. The first-order valence-corrected chi connectivity index (χ1v) is 9.43. The van der Waals surface area contributed by atoms with Gasteiger partial charge in [-0.3, -0.25) is 0 Å². The number of hydrogen-bond acceptors (Lipinski definition) is 3. The molecule has 1 fully saturated rings. The molecule has 0 atom stereocenters. The Morgan fingerprint density at radius 3 is 2.77 bits per heavy atom. The summed E-state index contributed by atoms with van der Waals surface area (Å²) in [7, 11) is 1.78. The Bertz CT molecular complexity index is 746. The van der Waals surface area contributed by atoms with Crippen LogP contribution in [0, 0.1) is 0 Å². The van der Waals surface area contributed by atoms with Crippen molar-refractivity contribution in [3.63, 3.8) is 0 Å². The highest BCUT2D eigenvalue weighted by atomic mass is 35.5. The van der Waals surface area contributed by atoms with Crippen LogP contribution in [-0.4, -0.2) is 36.1 Å². The summed E-state index contributed by atoms with van der Waals surface area (Å²) in [4.78, 5) is 20.8. The third kappa shape index (κ3) is 5.11. The van der Waals surface area contributed by atoms with Gasteiger partial charge in [-0.05, 0) is 54.7 Å². The van der Waals surface area contributed by atoms with Gasteiger partial charge in [-0.1, -0.05) is 23.7 Å². The number of aromatic nitrogens is 1. The Balaban J connectivity index is 1.53. The van der Waals surface area contributed by atoms with Crippen LogP contribution in [0.25, 0.3) is 0 Å². The van der Waals surface area contributed by atoms with Gasteiger partial charge in [0.2, 0.25) is 0 Å². The Morgan fingerprint density at radius 2 is 2.00 bits per heavy atom. The predicted molar refractivity (Wildman–Crippen MR) is 105 cm³/mol. The van der Waals surface area contributed by atoms with Crippen LogP contribution < -0.4 is 10.2 Å². The molecule has 2 amide bonds. The third-order valence-corrected chi connectivity index (χ3v) is 4.82. The standard InChI is InChI=1S/C20H25ClN4O/c1-24(15-17-6-5-7-18(21)12-17)20(26)23-14-16-8-9-22-19(13-16)25-10-3-2-4-11-25/h5-9,12-13H,2-4,10-11,14-15H2,1H3,(H,23,26). The van der Waals surface area contributed by atoms with Gasteiger partial charge in [-0.25, -0.2) is 9.78 Å². The van der Waals surface area contributed by atoms with E-state index in [9.17, 15) is 4.79 Å². The molecule has 1 N–H and O–H groups in total. The third-order valence-electron chi connectivity index (χ3n) is 4.59. The molecule has 2 heterocycles. The van der Waals surface area contributed by atoms with Crippen molar-refractivity contribution in [1.82, 2.24) is 15.2 Å². The zero-order chi connectivity index (χ0) is 18.4. The van der Waals surface area contributed by atoms with E-state index in [4.69, 9.17) is 11.6 Å². The largest absolute Gasteiger partial charge is 0.357 e. The molecule has 1 aliphatic heterocycles. The zero-order valence-corrected chi connectivity index (χ0v) is 15.9. The van der Waals surface area contributed by atoms with Crippen LogP contribution in [0.5, 0.6) is 0 Å². The van der Waals surface area contributed by atoms with E-state index in [1.165, 1.54) is 19.3 Å². The number of benzene rings is 1. The van der Waals surface area contributed by atoms with Crippen molar-refractivity contribution in [2.24, 2.45) is 0 Å². The molecule has 1 saturated heterocycles. The van der Waals surface area contributed by atoms with Crippen molar-refractivity contribution in [2.45, 2.75) is 32.4 Å². The number of anilines is 1. The van der Waals surface area contributed by atoms with Crippen molar-refractivity contribution in [1.29, 1.82) is 0 Å². The summed E-state index contributed by atoms with van der Waals surface area (Å²) in [5, 5.41) is 3.65. The van der Waals surface area contributed by atoms with Gasteiger partial charge in [0.1, 0.15) is 5.82 Å². The first kappa shape index (κ1) is 18.5. The predicted octanol–water partition coefficient (Wildman–Crippen LogP) is 4.07. The number of piperidine rings is 1. The highest BCUT2D eigenvalue weighted by molar-refractivity contribution is 6.30. The molecule has 6 heteroatoms. The molecule has 0 radical (unpaired) electrons. The van der Waals surface area contributed by atoms with E-state index < -0.39 is 0 Å². The molecule has 0 aliphatic carbocycles. The fourth-order valence-electron chi connectivity index (χ4n) is 3.16. The van der Waals surface area contributed by atoms with Crippen LogP contribution in [0.2, 0.25) is 5.02 Å². The lowest BCUT2D eigenvalue weighted by atomic mass is 10.1. The molecular weight excluding hydrogens is 348 g/mol. The SMILES string of the molecule is CN(Cc1cccc(Cl)c1)C(=O)NCc1ccnc(N2CCCCC2)c1. The molecule has 138 valence electrons. The molecule has 26 heavy (non-hydrogen) atoms. The number of rotatable bonds is 5. The lowest BCUT2D eigenvalue weighted by Crippen LogP contribution is -2.36. The summed E-state index contributed by atoms with van der Waals surface area (Å²) in [6.45, 7) is 3.13. The van der Waals surface area contributed by atoms with E-state index in [-0.39, 0.29) is 6.03 Å². The Kier molecular flexibility index (Phi) is 6.34. The zero-order valence-electron chi connectivity index (χ0n) is 15.1. The minimum atomic E-state index is -0.110. The van der Waals surface area contributed by atoms with E-state index in [1.54, 1.807) is 11.9 Å². The maximum absolute atomic E-state index is 12.3. The van der Waals surface area contributed by atoms with E-state index in [0.29, 0.717) is 18.1 Å². The molecule has 0 spiro atoms. The van der Waals surface area contributed by atoms with Crippen LogP contribution in [0.4, 0.5) is 10.6 Å². The molecule has 1 aliphatic rings. The number of nitrogens with one attached hydrogen (secondary N) is 1. The number of nitrogens with zero attached hydrogens (tertiary/aromatic N) is 3. The van der Waals surface area contributed by atoms with Gasteiger partial charge in [-0.2, -0.15) is 0 Å². The summed E-state index contributed by atoms with van der Waals surface area (Å²) in [6.07, 6.45) is 5.56. The van der Waals surface area contributed by atoms with Crippen LogP contribution in [0.1, 0.15) is 30.4 Å². The topological polar surface area (TPSA) is 48.5 Å². The van der Waals surface area contributed by atoms with Gasteiger partial charge in [0.05, 0.1) is 0 Å². The number of carbonyl (C=O) groups excluding carboxylic acids is 1. The molecule has 0 bridgehead atoms. The van der Waals surface area contributed by atoms with Crippen molar-refractivity contribution < 1.29 is 4.79 Å². The van der Waals surface area contributed by atoms with Crippen LogP contribution in [0.15, 0.2) is 42.6 Å². The Morgan fingerprint density at radius 1 is 1.19 bits per heavy atom. The Labute approximate surface area is 160 Å². The number of hydrogen-bond donors (Lipinski definition) is 1. The second-order valence-corrected chi connectivity index (χ2v) is 7.15. The average Bonchev–Trinajstić information content (AvgIpc) is 2.67. The fourth-order valence-corrected chi connectivity index (χ4v) is 3.37. The molecule has 5 nitrogen and oxygen atoms in total. The summed E-state index contributed by atoms with van der Waals surface area (Å²) < 4.78 is 0. The summed E-state index contributed by atoms with van der Waals surface area (Å²) in [5.41, 5.74) is 2.07. The smallest absolute Gasteiger partial charge is 0.317 e. The van der Waals surface area contributed by atoms with Crippen LogP contribution in [0.3, 0.4) is 0 Å². The summed E-state index contributed by atoms with van der Waals surface area (Å²) in [6, 6.07) is 11.5. The van der Waals surface area contributed by atoms with Crippen LogP contribution in [-0.2, 0) is 13.1 Å². The van der Waals surface area contributed by atoms with Crippen molar-refractivity contribution in [2.75, 3.05) is 25.0 Å². The van der Waals surface area contributed by atoms with E-state index >= 15 is 0 Å². The highest BCUT2D eigenvalue weighted by Gasteiger charge is 2.13. The molecule has 1 aromatic heterocycles. The van der Waals surface area contributed by atoms with Gasteiger partial charge < -0.3 is 15.1 Å². The van der Waals surface area contributed by atoms with Gasteiger partial charge >= 0.3 is 6.03 Å². The normalized spacial score (nSPS) is 14.2. The molecule has 0 unspecified atom stereocenters. The molecule has 2 aromatic rings. The minimum absolute atomic E-state index is 0.110. The lowest BCUT2D eigenvalue weighted by molar-refractivity contribution is 0.206. The minimum Gasteiger partial charge on any atom is -0.357 e. The number of halogens is 1.